The van der Waals surface area contributed by atoms with Gasteiger partial charge in [0.05, 0.1) is 11.3 Å². The van der Waals surface area contributed by atoms with Crippen LogP contribution < -0.4 is 0 Å². The molecule has 0 aromatic carbocycles. The number of hydrogen-bond donors (Lipinski definition) is 2. The van der Waals surface area contributed by atoms with Gasteiger partial charge in [0, 0.05) is 41.9 Å². The van der Waals surface area contributed by atoms with Crippen LogP contribution in [0.4, 0.5) is 13.2 Å². The Kier molecular flexibility index (Phi) is 6.60. The van der Waals surface area contributed by atoms with E-state index in [9.17, 15) is 18.0 Å². The van der Waals surface area contributed by atoms with Gasteiger partial charge >= 0.3 is 12.1 Å². The standard InChI is InChI=1S/C22H23N5O.C2HF3O2/c1-13-14(2)26-21(25-13)20-10-15(7-8-24-20)16-9-17(12-23-11-16)22(28)27-18-3-4-19(27)6-5-18;3-2(4,5)1(6)7/h7-12,18-19H,3-6H2,1-2H3,(H,25,26);(H,6,7). The molecule has 2 fully saturated rings. The predicted molar refractivity (Wildman–Crippen MR) is 120 cm³/mol. The number of aryl methyl sites for hydroxylation is 2. The molecule has 1 amide bonds. The molecule has 3 aromatic heterocycles. The zero-order valence-corrected chi connectivity index (χ0v) is 19.1. The van der Waals surface area contributed by atoms with Gasteiger partial charge < -0.3 is 15.0 Å². The number of aliphatic carboxylic acids is 1. The van der Waals surface area contributed by atoms with Crippen LogP contribution in [0.25, 0.3) is 22.6 Å². The first-order valence-corrected chi connectivity index (χ1v) is 11.1. The molecule has 0 radical (unpaired) electrons. The lowest BCUT2D eigenvalue weighted by Gasteiger charge is -2.22. The van der Waals surface area contributed by atoms with Crippen molar-refractivity contribution in [2.45, 2.75) is 57.8 Å². The molecule has 0 unspecified atom stereocenters. The summed E-state index contributed by atoms with van der Waals surface area (Å²) >= 11 is 0. The summed E-state index contributed by atoms with van der Waals surface area (Å²) in [4.78, 5) is 40.7. The van der Waals surface area contributed by atoms with Gasteiger partial charge in [-0.05, 0) is 63.3 Å². The monoisotopic (exact) mass is 487 g/mol. The first kappa shape index (κ1) is 24.4. The van der Waals surface area contributed by atoms with E-state index in [1.807, 2.05) is 32.0 Å². The highest BCUT2D eigenvalue weighted by Gasteiger charge is 2.42. The Morgan fingerprint density at radius 1 is 1.06 bits per heavy atom. The van der Waals surface area contributed by atoms with E-state index in [1.54, 1.807) is 18.6 Å². The highest BCUT2D eigenvalue weighted by Crippen LogP contribution is 2.38. The van der Waals surface area contributed by atoms with Crippen LogP contribution >= 0.6 is 0 Å². The molecular weight excluding hydrogens is 463 g/mol. The number of carbonyl (C=O) groups excluding carboxylic acids is 1. The number of carboxylic acids is 1. The van der Waals surface area contributed by atoms with Gasteiger partial charge in [-0.1, -0.05) is 0 Å². The van der Waals surface area contributed by atoms with Crippen LogP contribution in [-0.4, -0.2) is 60.1 Å². The summed E-state index contributed by atoms with van der Waals surface area (Å²) in [5.74, 6) is -1.89. The number of carbonyl (C=O) groups is 2. The molecule has 0 saturated carbocycles. The Hall–Kier alpha value is -3.76. The highest BCUT2D eigenvalue weighted by atomic mass is 19.4. The second-order valence-electron chi connectivity index (χ2n) is 8.67. The van der Waals surface area contributed by atoms with Gasteiger partial charge in [-0.15, -0.1) is 0 Å². The minimum absolute atomic E-state index is 0.117. The molecule has 35 heavy (non-hydrogen) atoms. The van der Waals surface area contributed by atoms with Crippen molar-refractivity contribution in [3.05, 3.63) is 53.7 Å². The number of carboxylic acid groups (broad SMARTS) is 1. The largest absolute Gasteiger partial charge is 0.490 e. The van der Waals surface area contributed by atoms with Crippen LogP contribution in [0.1, 0.15) is 47.4 Å². The molecular formula is C24H24F3N5O3. The number of amides is 1. The van der Waals surface area contributed by atoms with E-state index in [-0.39, 0.29) is 5.91 Å². The molecule has 0 spiro atoms. The molecule has 5 rings (SSSR count). The molecule has 2 bridgehead atoms. The van der Waals surface area contributed by atoms with Crippen molar-refractivity contribution in [2.24, 2.45) is 0 Å². The van der Waals surface area contributed by atoms with E-state index in [0.29, 0.717) is 17.6 Å². The number of nitrogens with zero attached hydrogens (tertiary/aromatic N) is 4. The summed E-state index contributed by atoms with van der Waals surface area (Å²) in [6.07, 6.45) is 4.72. The molecule has 0 aliphatic carbocycles. The number of alkyl halides is 3. The number of halogens is 3. The van der Waals surface area contributed by atoms with Crippen molar-refractivity contribution in [3.8, 4) is 22.6 Å². The lowest BCUT2D eigenvalue weighted by atomic mass is 10.0. The Bertz CT molecular complexity index is 1220. The molecule has 8 nitrogen and oxygen atoms in total. The molecule has 0 atom stereocenters. The maximum absolute atomic E-state index is 13.1. The van der Waals surface area contributed by atoms with Crippen molar-refractivity contribution >= 4 is 11.9 Å². The SMILES string of the molecule is Cc1nc(-c2cc(-c3cncc(C(=O)N4C5CCC4CC5)c3)ccn2)[nH]c1C.O=C(O)C(F)(F)F. The maximum Gasteiger partial charge on any atom is 0.490 e. The number of nitrogens with one attached hydrogen (secondary N) is 1. The number of pyridine rings is 2. The fraction of sp³-hybridized carbons (Fsp3) is 0.375. The van der Waals surface area contributed by atoms with Crippen LogP contribution in [0.5, 0.6) is 0 Å². The molecule has 2 N–H and O–H groups in total. The third-order valence-electron chi connectivity index (χ3n) is 6.38. The molecule has 5 heterocycles. The first-order chi connectivity index (χ1) is 16.5. The Morgan fingerprint density at radius 2 is 1.69 bits per heavy atom. The third-order valence-corrected chi connectivity index (χ3v) is 6.38. The van der Waals surface area contributed by atoms with Crippen molar-refractivity contribution in [3.63, 3.8) is 0 Å². The number of rotatable bonds is 3. The van der Waals surface area contributed by atoms with Crippen molar-refractivity contribution in [1.29, 1.82) is 0 Å². The maximum atomic E-state index is 13.1. The molecule has 2 aliphatic rings. The molecule has 2 saturated heterocycles. The minimum Gasteiger partial charge on any atom is -0.475 e. The van der Waals surface area contributed by atoms with Crippen molar-refractivity contribution in [2.75, 3.05) is 0 Å². The van der Waals surface area contributed by atoms with E-state index < -0.39 is 12.1 Å². The number of aromatic nitrogens is 4. The molecule has 3 aromatic rings. The molecule has 184 valence electrons. The summed E-state index contributed by atoms with van der Waals surface area (Å²) in [6, 6.07) is 6.71. The summed E-state index contributed by atoms with van der Waals surface area (Å²) in [5, 5.41) is 7.12. The fourth-order valence-corrected chi connectivity index (χ4v) is 4.52. The van der Waals surface area contributed by atoms with Crippen LogP contribution in [0.3, 0.4) is 0 Å². The predicted octanol–water partition coefficient (Wildman–Crippen LogP) is 4.55. The van der Waals surface area contributed by atoms with E-state index in [2.05, 4.69) is 24.8 Å². The van der Waals surface area contributed by atoms with Crippen LogP contribution in [0.2, 0.25) is 0 Å². The summed E-state index contributed by atoms with van der Waals surface area (Å²) in [6.45, 7) is 3.98. The van der Waals surface area contributed by atoms with Crippen molar-refractivity contribution < 1.29 is 27.9 Å². The Labute approximate surface area is 199 Å². The van der Waals surface area contributed by atoms with Gasteiger partial charge in [0.2, 0.25) is 0 Å². The van der Waals surface area contributed by atoms with Gasteiger partial charge in [0.25, 0.3) is 5.91 Å². The normalized spacial score (nSPS) is 18.8. The Morgan fingerprint density at radius 3 is 2.23 bits per heavy atom. The van der Waals surface area contributed by atoms with Gasteiger partial charge in [-0.2, -0.15) is 13.2 Å². The van der Waals surface area contributed by atoms with Crippen molar-refractivity contribution in [1.82, 2.24) is 24.8 Å². The number of hydrogen-bond acceptors (Lipinski definition) is 5. The molecule has 2 aliphatic heterocycles. The first-order valence-electron chi connectivity index (χ1n) is 11.1. The van der Waals surface area contributed by atoms with Crippen LogP contribution in [0, 0.1) is 13.8 Å². The third kappa shape index (κ3) is 5.18. The Balaban J connectivity index is 0.000000364. The number of H-pyrrole nitrogens is 1. The minimum atomic E-state index is -5.08. The summed E-state index contributed by atoms with van der Waals surface area (Å²) in [7, 11) is 0. The number of fused-ring (bicyclic) bond motifs is 2. The van der Waals surface area contributed by atoms with E-state index in [0.717, 1.165) is 59.7 Å². The van der Waals surface area contributed by atoms with Gasteiger partial charge in [-0.3, -0.25) is 14.8 Å². The van der Waals surface area contributed by atoms with Crippen LogP contribution in [0.15, 0.2) is 36.8 Å². The lowest BCUT2D eigenvalue weighted by Crippen LogP contribution is -2.35. The van der Waals surface area contributed by atoms with Crippen LogP contribution in [-0.2, 0) is 4.79 Å². The summed E-state index contributed by atoms with van der Waals surface area (Å²) < 4.78 is 31.7. The van der Waals surface area contributed by atoms with E-state index >= 15 is 0 Å². The lowest BCUT2D eigenvalue weighted by molar-refractivity contribution is -0.192. The molecule has 11 heteroatoms. The zero-order valence-electron chi connectivity index (χ0n) is 19.1. The highest BCUT2D eigenvalue weighted by molar-refractivity contribution is 5.96. The topological polar surface area (TPSA) is 112 Å². The average Bonchev–Trinajstić information content (AvgIpc) is 3.53. The van der Waals surface area contributed by atoms with Gasteiger partial charge in [0.15, 0.2) is 5.82 Å². The second kappa shape index (κ2) is 9.47. The average molecular weight is 487 g/mol. The fourth-order valence-electron chi connectivity index (χ4n) is 4.52. The zero-order chi connectivity index (χ0) is 25.3. The van der Waals surface area contributed by atoms with Gasteiger partial charge in [0.1, 0.15) is 5.69 Å². The smallest absolute Gasteiger partial charge is 0.475 e. The quantitative estimate of drug-likeness (QED) is 0.561. The van der Waals surface area contributed by atoms with E-state index in [1.165, 1.54) is 0 Å². The number of aromatic amines is 1. The van der Waals surface area contributed by atoms with E-state index in [4.69, 9.17) is 9.90 Å². The number of imidazole rings is 1. The van der Waals surface area contributed by atoms with Gasteiger partial charge in [-0.25, -0.2) is 9.78 Å². The summed E-state index contributed by atoms with van der Waals surface area (Å²) in [5.41, 5.74) is 5.35. The second-order valence-corrected chi connectivity index (χ2v) is 8.67.